The van der Waals surface area contributed by atoms with Crippen LogP contribution in [0, 0.1) is 0 Å². The highest BCUT2D eigenvalue weighted by molar-refractivity contribution is 5.69. The number of carbonyl (C=O) groups excluding carboxylic acids is 1. The number of hydrogen-bond donors (Lipinski definition) is 6. The lowest BCUT2D eigenvalue weighted by Crippen LogP contribution is -2.50. The Hall–Kier alpha value is -1.23. The summed E-state index contributed by atoms with van der Waals surface area (Å²) in [6.07, 6.45) is 11.9. The van der Waals surface area contributed by atoms with Crippen molar-refractivity contribution in [3.63, 3.8) is 0 Å². The zero-order chi connectivity index (χ0) is 26.3. The maximum Gasteiger partial charge on any atom is 0.308 e. The van der Waals surface area contributed by atoms with Crippen LogP contribution in [0.2, 0.25) is 0 Å². The second-order valence-electron chi connectivity index (χ2n) is 9.21. The average molecular weight is 507 g/mol. The van der Waals surface area contributed by atoms with E-state index in [9.17, 15) is 30.3 Å². The number of hydrogen-bond acceptors (Lipinski definition) is 9. The zero-order valence-electron chi connectivity index (χ0n) is 21.5. The van der Waals surface area contributed by atoms with Gasteiger partial charge in [0.05, 0.1) is 6.61 Å². The lowest BCUT2D eigenvalue weighted by Gasteiger charge is -2.28. The summed E-state index contributed by atoms with van der Waals surface area (Å²) in [6, 6.07) is 0. The van der Waals surface area contributed by atoms with Crippen molar-refractivity contribution < 1.29 is 44.9 Å². The highest BCUT2D eigenvalue weighted by Crippen LogP contribution is 2.15. The third-order valence-corrected chi connectivity index (χ3v) is 5.95. The summed E-state index contributed by atoms with van der Waals surface area (Å²) in [5.41, 5.74) is 0. The van der Waals surface area contributed by atoms with Crippen molar-refractivity contribution in [2.45, 2.75) is 140 Å². The van der Waals surface area contributed by atoms with Gasteiger partial charge in [0, 0.05) is 6.42 Å². The third-order valence-electron chi connectivity index (χ3n) is 5.95. The predicted octanol–water partition coefficient (Wildman–Crippen LogP) is 3.03. The van der Waals surface area contributed by atoms with Crippen LogP contribution in [0.1, 0.15) is 110 Å². The van der Waals surface area contributed by atoms with E-state index >= 15 is 0 Å². The van der Waals surface area contributed by atoms with Crippen molar-refractivity contribution in [2.75, 3.05) is 6.61 Å². The first-order chi connectivity index (χ1) is 16.8. The molecule has 0 aromatic carbocycles. The number of aliphatic hydroxyl groups excluding tert-OH is 6. The minimum Gasteiger partial charge on any atom is -0.466 e. The molecule has 0 fully saturated rings. The van der Waals surface area contributed by atoms with Crippen LogP contribution >= 0.6 is 0 Å². The van der Waals surface area contributed by atoms with Crippen LogP contribution in [-0.4, -0.2) is 73.9 Å². The van der Waals surface area contributed by atoms with Crippen LogP contribution in [0.5, 0.6) is 0 Å². The highest BCUT2D eigenvalue weighted by atomic mass is 16.6. The first-order valence-electron chi connectivity index (χ1n) is 13.4. The van der Waals surface area contributed by atoms with Crippen LogP contribution in [0.3, 0.4) is 0 Å². The number of rotatable bonds is 22. The number of ether oxygens (including phenoxy) is 2. The molecule has 0 radical (unpaired) electrons. The van der Waals surface area contributed by atoms with E-state index < -0.39 is 43.3 Å². The van der Waals surface area contributed by atoms with Gasteiger partial charge in [-0.3, -0.25) is 4.79 Å². The van der Waals surface area contributed by atoms with E-state index in [1.54, 1.807) is 12.5 Å². The molecule has 35 heavy (non-hydrogen) atoms. The second kappa shape index (κ2) is 23.2. The first-order valence-corrected chi connectivity index (χ1v) is 13.4. The molecule has 1 aliphatic rings. The Balaban J connectivity index is 0.00000355. The Kier molecular flexibility index (Phi) is 22.4. The van der Waals surface area contributed by atoms with Crippen LogP contribution < -0.4 is 0 Å². The van der Waals surface area contributed by atoms with Gasteiger partial charge in [-0.1, -0.05) is 96.8 Å². The number of esters is 1. The molecule has 6 N–H and O–H groups in total. The Morgan fingerprint density at radius 2 is 1.09 bits per heavy atom. The summed E-state index contributed by atoms with van der Waals surface area (Å²) in [7, 11) is 0. The number of carbonyl (C=O) groups is 1. The molecule has 1 heterocycles. The molecule has 0 spiro atoms. The lowest BCUT2D eigenvalue weighted by atomic mass is 10.0. The summed E-state index contributed by atoms with van der Waals surface area (Å²) < 4.78 is 8.92. The van der Waals surface area contributed by atoms with Crippen molar-refractivity contribution in [2.24, 2.45) is 0 Å². The SMILES string of the molecule is C1=CO1.CCCCCCCCCCCCCCCCCC(=O)OC(O)[C@H](O)[C@H](O)[C@H](O)[C@@H](O)CO. The van der Waals surface area contributed by atoms with Gasteiger partial charge < -0.3 is 40.1 Å². The minimum absolute atomic E-state index is 0.0833. The normalized spacial score (nSPS) is 16.3. The van der Waals surface area contributed by atoms with Crippen molar-refractivity contribution in [1.82, 2.24) is 0 Å². The molecule has 0 aliphatic carbocycles. The molecule has 5 atom stereocenters. The quantitative estimate of drug-likeness (QED) is 0.0736. The van der Waals surface area contributed by atoms with Gasteiger partial charge in [0.2, 0.25) is 6.29 Å². The van der Waals surface area contributed by atoms with Gasteiger partial charge in [-0.2, -0.15) is 0 Å². The van der Waals surface area contributed by atoms with Crippen LogP contribution in [0.15, 0.2) is 12.5 Å². The molecule has 0 aromatic rings. The molecular formula is C26H50O9. The molecular weight excluding hydrogens is 456 g/mol. The van der Waals surface area contributed by atoms with Gasteiger partial charge in [-0.05, 0) is 6.42 Å². The molecule has 9 heteroatoms. The van der Waals surface area contributed by atoms with E-state index in [1.165, 1.54) is 70.6 Å². The van der Waals surface area contributed by atoms with Gasteiger partial charge in [-0.25, -0.2) is 0 Å². The van der Waals surface area contributed by atoms with Crippen molar-refractivity contribution >= 4 is 5.97 Å². The van der Waals surface area contributed by atoms with E-state index in [2.05, 4.69) is 16.4 Å². The summed E-state index contributed by atoms with van der Waals surface area (Å²) in [4.78, 5) is 11.7. The van der Waals surface area contributed by atoms with E-state index in [1.807, 2.05) is 0 Å². The second-order valence-corrected chi connectivity index (χ2v) is 9.21. The summed E-state index contributed by atoms with van der Waals surface area (Å²) in [6.45, 7) is 1.41. The maximum atomic E-state index is 11.7. The standard InChI is InChI=1S/C24H48O8.C2H2O/c1-2-3-4-5-6-7-8-9-10-11-12-13-14-15-16-17-20(27)32-24(31)23(30)22(29)21(28)19(26)18-25;1-2-3-1/h19,21-26,28-31H,2-18H2,1H3;1-2H/t19-,21+,22+,23+,24?;/m0./s1. The lowest BCUT2D eigenvalue weighted by molar-refractivity contribution is -0.213. The number of unbranched alkanes of at least 4 members (excludes halogenated alkanes) is 14. The van der Waals surface area contributed by atoms with Crippen molar-refractivity contribution in [3.8, 4) is 0 Å². The zero-order valence-corrected chi connectivity index (χ0v) is 21.5. The Morgan fingerprint density at radius 1 is 0.686 bits per heavy atom. The fourth-order valence-electron chi connectivity index (χ4n) is 3.61. The predicted molar refractivity (Wildman–Crippen MR) is 133 cm³/mol. The summed E-state index contributed by atoms with van der Waals surface area (Å²) in [5, 5.41) is 56.6. The third kappa shape index (κ3) is 20.6. The molecule has 0 amide bonds. The van der Waals surface area contributed by atoms with Crippen molar-refractivity contribution in [1.29, 1.82) is 0 Å². The van der Waals surface area contributed by atoms with Crippen LogP contribution in [0.25, 0.3) is 0 Å². The first kappa shape index (κ1) is 33.8. The smallest absolute Gasteiger partial charge is 0.308 e. The van der Waals surface area contributed by atoms with Gasteiger partial charge in [0.15, 0.2) is 0 Å². The molecule has 0 bridgehead atoms. The molecule has 1 aliphatic heterocycles. The minimum atomic E-state index is -2.03. The molecule has 1 rings (SSSR count). The van der Waals surface area contributed by atoms with Gasteiger partial charge in [-0.15, -0.1) is 0 Å². The van der Waals surface area contributed by atoms with E-state index in [-0.39, 0.29) is 6.42 Å². The molecule has 0 saturated carbocycles. The molecule has 1 unspecified atom stereocenters. The van der Waals surface area contributed by atoms with Crippen molar-refractivity contribution in [3.05, 3.63) is 12.5 Å². The molecule has 9 nitrogen and oxygen atoms in total. The summed E-state index contributed by atoms with van der Waals surface area (Å²) >= 11 is 0. The Bertz CT molecular complexity index is 511. The largest absolute Gasteiger partial charge is 0.466 e. The summed E-state index contributed by atoms with van der Waals surface area (Å²) in [5.74, 6) is -0.712. The monoisotopic (exact) mass is 506 g/mol. The highest BCUT2D eigenvalue weighted by Gasteiger charge is 2.35. The average Bonchev–Trinajstić information content (AvgIpc) is 3.74. The Morgan fingerprint density at radius 3 is 1.46 bits per heavy atom. The van der Waals surface area contributed by atoms with Crippen LogP contribution in [-0.2, 0) is 14.3 Å². The topological polar surface area (TPSA) is 160 Å². The van der Waals surface area contributed by atoms with Gasteiger partial charge in [0.1, 0.15) is 36.9 Å². The molecule has 208 valence electrons. The van der Waals surface area contributed by atoms with Gasteiger partial charge >= 0.3 is 5.97 Å². The fraction of sp³-hybridized carbons (Fsp3) is 0.885. The fourth-order valence-corrected chi connectivity index (χ4v) is 3.61. The molecule has 0 aromatic heterocycles. The molecule has 0 saturated heterocycles. The maximum absolute atomic E-state index is 11.7. The van der Waals surface area contributed by atoms with Crippen LogP contribution in [0.4, 0.5) is 0 Å². The van der Waals surface area contributed by atoms with E-state index in [0.29, 0.717) is 6.42 Å². The van der Waals surface area contributed by atoms with Gasteiger partial charge in [0.25, 0.3) is 0 Å². The van der Waals surface area contributed by atoms with E-state index in [0.717, 1.165) is 19.3 Å². The van der Waals surface area contributed by atoms with E-state index in [4.69, 9.17) is 5.11 Å². The Labute approximate surface area is 210 Å². The number of aliphatic hydroxyl groups is 6.